The van der Waals surface area contributed by atoms with Gasteiger partial charge in [-0.3, -0.25) is 19.3 Å². The van der Waals surface area contributed by atoms with Gasteiger partial charge in [0, 0.05) is 55.1 Å². The molecule has 0 aromatic carbocycles. The van der Waals surface area contributed by atoms with Crippen molar-refractivity contribution >= 4 is 45.8 Å². The molecule has 1 saturated carbocycles. The number of nitrogens with one attached hydrogen (secondary N) is 1. The minimum atomic E-state index is -4.75. The normalized spacial score (nSPS) is 18.2. The molecule has 3 aromatic rings. The molecule has 0 spiro atoms. The van der Waals surface area contributed by atoms with Gasteiger partial charge in [0.15, 0.2) is 5.69 Å². The van der Waals surface area contributed by atoms with Gasteiger partial charge >= 0.3 is 6.18 Å². The zero-order valence-electron chi connectivity index (χ0n) is 31.1. The van der Waals surface area contributed by atoms with Gasteiger partial charge in [-0.2, -0.15) is 18.3 Å². The third-order valence-corrected chi connectivity index (χ3v) is 9.60. The summed E-state index contributed by atoms with van der Waals surface area (Å²) in [4.78, 5) is 40.7. The monoisotopic (exact) mass is 987 g/mol. The number of aryl methyl sites for hydroxylation is 1. The second-order valence-electron chi connectivity index (χ2n) is 14.9. The summed E-state index contributed by atoms with van der Waals surface area (Å²) in [6.07, 6.45) is 1.05. The van der Waals surface area contributed by atoms with Crippen molar-refractivity contribution in [3.8, 4) is 11.3 Å². The summed E-state index contributed by atoms with van der Waals surface area (Å²) < 4.78 is 42.8. The van der Waals surface area contributed by atoms with Crippen LogP contribution in [-0.4, -0.2) is 82.1 Å². The van der Waals surface area contributed by atoms with Crippen LogP contribution in [0.15, 0.2) is 53.3 Å². The number of alkyl halides is 3. The average molecular weight is 988 g/mol. The first kappa shape index (κ1) is 45.1. The molecular weight excluding hydrogens is 945 g/mol. The Hall–Kier alpha value is -3.25. The number of nitrogens with two attached hydrogens (primary N) is 1. The summed E-state index contributed by atoms with van der Waals surface area (Å²) in [5, 5.41) is 17.5. The van der Waals surface area contributed by atoms with Crippen LogP contribution in [0.2, 0.25) is 5.15 Å². The van der Waals surface area contributed by atoms with E-state index in [0.29, 0.717) is 34.8 Å². The Morgan fingerprint density at radius 2 is 1.93 bits per heavy atom. The van der Waals surface area contributed by atoms with Crippen LogP contribution in [0.5, 0.6) is 0 Å². The number of carbonyl (C=O) groups excluding carboxylic acids is 2. The Bertz CT molecular complexity index is 1850. The first-order valence-electron chi connectivity index (χ1n) is 16.9. The van der Waals surface area contributed by atoms with E-state index in [2.05, 4.69) is 32.3 Å². The van der Waals surface area contributed by atoms with Crippen molar-refractivity contribution in [1.29, 1.82) is 0 Å². The molecule has 1 aliphatic rings. The number of aliphatic imine (C=N–C) groups is 1. The van der Waals surface area contributed by atoms with Crippen molar-refractivity contribution in [1.82, 2.24) is 30.0 Å². The quantitative estimate of drug-likeness (QED) is 0.0605. The van der Waals surface area contributed by atoms with Gasteiger partial charge in [0.1, 0.15) is 16.8 Å². The van der Waals surface area contributed by atoms with E-state index in [1.807, 2.05) is 13.0 Å². The molecule has 4 N–H and O–H groups in total. The molecule has 4 rings (SSSR count). The molecule has 0 saturated heterocycles. The van der Waals surface area contributed by atoms with Crippen LogP contribution in [0.1, 0.15) is 82.4 Å². The predicted octanol–water partition coefficient (Wildman–Crippen LogP) is 4.94. The largest absolute Gasteiger partial charge is 0.465 e. The summed E-state index contributed by atoms with van der Waals surface area (Å²) >= 11 is 6.06. The average Bonchev–Trinajstić information content (AvgIpc) is 3.52. The fourth-order valence-corrected chi connectivity index (χ4v) is 6.49. The van der Waals surface area contributed by atoms with Gasteiger partial charge in [-0.15, -0.1) is 6.21 Å². The van der Waals surface area contributed by atoms with Crippen molar-refractivity contribution < 1.29 is 59.0 Å². The third-order valence-electron chi connectivity index (χ3n) is 9.38. The van der Waals surface area contributed by atoms with Crippen LogP contribution < -0.4 is 11.1 Å². The van der Waals surface area contributed by atoms with E-state index in [1.165, 1.54) is 29.6 Å². The number of halogens is 4. The molecule has 3 unspecified atom stereocenters. The molecule has 1 aliphatic carbocycles. The molecule has 3 heterocycles. The summed E-state index contributed by atoms with van der Waals surface area (Å²) in [7, 11) is 11.0. The number of aromatic nitrogens is 4. The molecule has 18 heteroatoms. The van der Waals surface area contributed by atoms with Crippen LogP contribution in [-0.2, 0) is 27.9 Å². The van der Waals surface area contributed by atoms with Gasteiger partial charge in [0.05, 0.1) is 23.5 Å². The zero-order valence-corrected chi connectivity index (χ0v) is 36.0. The van der Waals surface area contributed by atoms with E-state index in [4.69, 9.17) is 33.0 Å². The van der Waals surface area contributed by atoms with Gasteiger partial charge in [-0.05, 0) is 117 Å². The van der Waals surface area contributed by atoms with Crippen LogP contribution in [0.25, 0.3) is 11.3 Å². The fraction of sp³-hybridized carbons (Fsp3) is 0.472. The Labute approximate surface area is 345 Å². The topological polar surface area (TPSA) is 152 Å². The van der Waals surface area contributed by atoms with Gasteiger partial charge in [-0.25, -0.2) is 10.8 Å². The van der Waals surface area contributed by atoms with Crippen LogP contribution >= 0.6 is 11.6 Å². The number of carbonyl (C=O) groups is 2. The minimum absolute atomic E-state index is 0. The van der Waals surface area contributed by atoms with Crippen LogP contribution in [0, 0.1) is 49.3 Å². The van der Waals surface area contributed by atoms with E-state index in [9.17, 15) is 27.9 Å². The molecular formula is C36H43B2ClF3N8O3U-. The number of nitrogens with zero attached hydrogens (tertiary/aromatic N) is 6. The maximum Gasteiger partial charge on any atom is 0.435 e. The third kappa shape index (κ3) is 11.6. The molecule has 0 bridgehead atoms. The first-order valence-corrected chi connectivity index (χ1v) is 17.3. The van der Waals surface area contributed by atoms with Crippen molar-refractivity contribution in [3.63, 3.8) is 0 Å². The number of aliphatic hydroxyl groups is 1. The molecule has 4 radical (unpaired) electrons. The fourth-order valence-electron chi connectivity index (χ4n) is 6.30. The molecule has 1 fully saturated rings. The summed E-state index contributed by atoms with van der Waals surface area (Å²) in [6.45, 7) is 10.4. The summed E-state index contributed by atoms with van der Waals surface area (Å²) in [6, 6.07) is 6.57. The van der Waals surface area contributed by atoms with Gasteiger partial charge in [-0.1, -0.05) is 30.2 Å². The van der Waals surface area contributed by atoms with Gasteiger partial charge in [0.25, 0.3) is 0 Å². The van der Waals surface area contributed by atoms with Crippen molar-refractivity contribution in [2.75, 3.05) is 6.54 Å². The number of pyridine rings is 2. The molecule has 284 valence electrons. The number of hydrogen-bond acceptors (Lipinski definition) is 8. The van der Waals surface area contributed by atoms with Gasteiger partial charge in [0.2, 0.25) is 12.3 Å². The predicted molar refractivity (Wildman–Crippen MR) is 199 cm³/mol. The van der Waals surface area contributed by atoms with E-state index >= 15 is 0 Å². The maximum absolute atomic E-state index is 14.1. The van der Waals surface area contributed by atoms with Crippen LogP contribution in [0.4, 0.5) is 13.2 Å². The van der Waals surface area contributed by atoms with E-state index in [1.54, 1.807) is 39.8 Å². The van der Waals surface area contributed by atoms with Gasteiger partial charge < -0.3 is 26.0 Å². The van der Waals surface area contributed by atoms with Crippen LogP contribution in [0.3, 0.4) is 0 Å². The summed E-state index contributed by atoms with van der Waals surface area (Å²) in [5.41, 5.74) is 5.09. The maximum atomic E-state index is 14.1. The van der Waals surface area contributed by atoms with Crippen molar-refractivity contribution in [2.24, 2.45) is 16.1 Å². The smallest absolute Gasteiger partial charge is 0.435 e. The Balaban J connectivity index is 0.00000784. The summed E-state index contributed by atoms with van der Waals surface area (Å²) in [5.74, 6) is -0.639. The zero-order chi connectivity index (χ0) is 39.5. The second-order valence-corrected chi connectivity index (χ2v) is 15.3. The molecule has 2 amide bonds. The number of rotatable bonds is 16. The Morgan fingerprint density at radius 3 is 2.46 bits per heavy atom. The minimum Gasteiger partial charge on any atom is -0.465 e. The van der Waals surface area contributed by atoms with Crippen molar-refractivity contribution in [3.05, 3.63) is 81.9 Å². The van der Waals surface area contributed by atoms with Crippen molar-refractivity contribution in [2.45, 2.75) is 96.6 Å². The molecule has 54 heavy (non-hydrogen) atoms. The van der Waals surface area contributed by atoms with E-state index < -0.39 is 35.0 Å². The second kappa shape index (κ2) is 17.7. The standard InChI is InChI=1S/C36H43B2ClF3N8O3.U/c1-21-24(8-10-30(39)46-21)25-15-35(25,6)11-12-49(20-51)27(13-22(16-43)17-45-32(37)38)31(52)47-33(2,3)19-50-26(14-29(48-50)36(40,41)42)23-7-9-28(44-18-23)34(4,5)53;/h7-10,14,16-18,20,25,27,53H,11-13,15,19,43H2,1-6H3,(H,47,52);/q-1;/b22-16-,45-17+;. The Kier molecular flexibility index (Phi) is 14.8. The van der Waals surface area contributed by atoms with E-state index in [0.717, 1.165) is 28.4 Å². The molecule has 3 aromatic heterocycles. The number of amides is 2. The van der Waals surface area contributed by atoms with E-state index in [-0.39, 0.29) is 73.5 Å². The SMILES string of the molecule is [B][C-]([B])/N=C/C(=C\N)CC(C(=O)NC(C)(C)Cn1nc(C(F)(F)F)cc1-c1ccc(C(C)(C)O)nc1)N(C=O)CCC1(C)CC1c1ccc(Cl)nc1C.[U]. The number of hydrogen-bond donors (Lipinski definition) is 3. The Morgan fingerprint density at radius 1 is 1.24 bits per heavy atom. The molecule has 11 nitrogen and oxygen atoms in total. The first-order chi connectivity index (χ1) is 24.6. The molecule has 0 aliphatic heterocycles. The molecule has 3 atom stereocenters.